The van der Waals surface area contributed by atoms with Crippen LogP contribution in [-0.2, 0) is 30.3 Å². The Hall–Kier alpha value is -4.41. The molecule has 15 heteroatoms. The first-order valence-electron chi connectivity index (χ1n) is 15.5. The van der Waals surface area contributed by atoms with Crippen molar-refractivity contribution in [3.05, 3.63) is 51.6 Å². The molecule has 0 radical (unpaired) electrons. The van der Waals surface area contributed by atoms with Gasteiger partial charge in [-0.2, -0.15) is 0 Å². The van der Waals surface area contributed by atoms with Gasteiger partial charge in [0.2, 0.25) is 17.6 Å². The van der Waals surface area contributed by atoms with E-state index in [0.717, 1.165) is 0 Å². The summed E-state index contributed by atoms with van der Waals surface area (Å²) in [6.45, 7) is 0.457. The maximum Gasteiger partial charge on any atom is 0.220 e. The van der Waals surface area contributed by atoms with E-state index in [0.29, 0.717) is 0 Å². The number of hydrogen-bond acceptors (Lipinski definition) is 13. The Morgan fingerprint density at radius 1 is 1.04 bits per heavy atom. The lowest BCUT2D eigenvalue weighted by atomic mass is 9.72. The number of phenols is 2. The van der Waals surface area contributed by atoms with Crippen LogP contribution in [0, 0.1) is 0 Å². The molecule has 15 nitrogen and oxygen atoms in total. The molecule has 48 heavy (non-hydrogen) atoms. The van der Waals surface area contributed by atoms with Crippen molar-refractivity contribution in [2.45, 2.75) is 81.7 Å². The molecule has 1 saturated heterocycles. The van der Waals surface area contributed by atoms with Crippen LogP contribution >= 0.6 is 0 Å². The molecule has 1 heterocycles. The summed E-state index contributed by atoms with van der Waals surface area (Å²) in [5.74, 6) is -4.72. The second-order valence-corrected chi connectivity index (χ2v) is 12.2. The number of benzene rings is 2. The van der Waals surface area contributed by atoms with Crippen molar-refractivity contribution in [1.29, 1.82) is 0 Å². The van der Waals surface area contributed by atoms with Gasteiger partial charge in [0.05, 0.1) is 42.0 Å². The molecule has 6 atom stereocenters. The van der Waals surface area contributed by atoms with Gasteiger partial charge in [-0.3, -0.25) is 24.0 Å². The number of carbonyl (C=O) groups is 5. The van der Waals surface area contributed by atoms with Crippen LogP contribution in [0.15, 0.2) is 18.2 Å². The fourth-order valence-electron chi connectivity index (χ4n) is 6.67. The minimum absolute atomic E-state index is 0.00261. The fraction of sp³-hybridized carbons (Fsp3) is 0.485. The number of phenolic OH excluding ortho intramolecular Hbond substituents is 2. The van der Waals surface area contributed by atoms with Gasteiger partial charge in [-0.1, -0.05) is 12.1 Å². The number of aliphatic hydroxyl groups is 3. The second kappa shape index (κ2) is 13.6. The predicted molar refractivity (Wildman–Crippen MR) is 164 cm³/mol. The lowest BCUT2D eigenvalue weighted by Gasteiger charge is -2.43. The van der Waals surface area contributed by atoms with Crippen LogP contribution in [0.4, 0.5) is 0 Å². The summed E-state index contributed by atoms with van der Waals surface area (Å²) in [4.78, 5) is 64.4. The number of amides is 2. The topological polar surface area (TPSA) is 238 Å². The molecule has 3 aliphatic rings. The summed E-state index contributed by atoms with van der Waals surface area (Å²) >= 11 is 0. The Bertz CT molecular complexity index is 1670. The highest BCUT2D eigenvalue weighted by Gasteiger charge is 2.50. The van der Waals surface area contributed by atoms with E-state index >= 15 is 0 Å². The lowest BCUT2D eigenvalue weighted by molar-refractivity contribution is -0.249. The zero-order valence-electron chi connectivity index (χ0n) is 26.6. The number of Topliss-reactive ketones (excluding diaryl/α,β-unsaturated/α-hetero) is 1. The highest BCUT2D eigenvalue weighted by molar-refractivity contribution is 6.31. The number of ether oxygens (including phenoxy) is 3. The van der Waals surface area contributed by atoms with Crippen LogP contribution in [-0.4, -0.2) is 106 Å². The van der Waals surface area contributed by atoms with Gasteiger partial charge in [-0.25, -0.2) is 0 Å². The first-order valence-corrected chi connectivity index (χ1v) is 15.5. The minimum Gasteiger partial charge on any atom is -0.507 e. The third kappa shape index (κ3) is 6.15. The van der Waals surface area contributed by atoms with Crippen molar-refractivity contribution in [2.75, 3.05) is 20.8 Å². The molecule has 0 spiro atoms. The average molecular weight is 671 g/mol. The average Bonchev–Trinajstić information content (AvgIpc) is 3.06. The summed E-state index contributed by atoms with van der Waals surface area (Å²) in [5.41, 5.74) is -4.01. The Morgan fingerprint density at radius 2 is 1.73 bits per heavy atom. The molecule has 2 aromatic rings. The van der Waals surface area contributed by atoms with Gasteiger partial charge >= 0.3 is 0 Å². The Labute approximate surface area is 274 Å². The van der Waals surface area contributed by atoms with Crippen molar-refractivity contribution in [3.8, 4) is 17.2 Å². The van der Waals surface area contributed by atoms with Crippen LogP contribution in [0.5, 0.6) is 17.2 Å². The standard InChI is InChI=1S/C33H38N2O13/c1-14-28(40)17(35-22(39)9-5-8-21(38)34-2)10-23(47-14)48-19-12-33(45,20(37)13-36)11-16-25(19)32(44)27-26(30(16)42)29(41)15-6-4-7-18(46-3)24(15)31(27)43/h4,6-7,14,17,19,23,28,36,40,42,44-45H,5,8-13H2,1-3H3,(H,34,38)(H,35,39)/t14?,17?,19-,23?,28?,33-/m0/s1. The number of nitrogens with one attached hydrogen (secondary N) is 2. The van der Waals surface area contributed by atoms with Gasteiger partial charge in [0.15, 0.2) is 17.9 Å². The number of ketones is 3. The maximum absolute atomic E-state index is 13.8. The molecule has 1 aliphatic heterocycles. The summed E-state index contributed by atoms with van der Waals surface area (Å²) in [6.07, 6.45) is -5.66. The third-order valence-corrected chi connectivity index (χ3v) is 9.19. The molecule has 2 amide bonds. The van der Waals surface area contributed by atoms with E-state index in [1.807, 2.05) is 0 Å². The third-order valence-electron chi connectivity index (χ3n) is 9.19. The summed E-state index contributed by atoms with van der Waals surface area (Å²) in [6, 6.07) is 3.42. The van der Waals surface area contributed by atoms with Gasteiger partial charge in [-0.05, 0) is 19.4 Å². The van der Waals surface area contributed by atoms with E-state index in [9.17, 15) is 49.5 Å². The molecule has 1 fully saturated rings. The van der Waals surface area contributed by atoms with E-state index in [4.69, 9.17) is 14.2 Å². The smallest absolute Gasteiger partial charge is 0.220 e. The molecular formula is C33H38N2O13. The number of fused-ring (bicyclic) bond motifs is 3. The van der Waals surface area contributed by atoms with E-state index in [2.05, 4.69) is 10.6 Å². The van der Waals surface area contributed by atoms with Crippen LogP contribution in [0.1, 0.15) is 88.1 Å². The molecule has 0 saturated carbocycles. The van der Waals surface area contributed by atoms with Gasteiger partial charge < -0.3 is 50.4 Å². The van der Waals surface area contributed by atoms with E-state index in [1.165, 1.54) is 39.3 Å². The molecule has 4 unspecified atom stereocenters. The van der Waals surface area contributed by atoms with Gasteiger partial charge in [0, 0.05) is 55.8 Å². The highest BCUT2D eigenvalue weighted by atomic mass is 16.7. The summed E-state index contributed by atoms with van der Waals surface area (Å²) in [5, 5.41) is 60.2. The molecule has 2 aromatic carbocycles. The van der Waals surface area contributed by atoms with Crippen LogP contribution in [0.2, 0.25) is 0 Å². The number of carbonyl (C=O) groups excluding carboxylic acids is 5. The zero-order chi connectivity index (χ0) is 35.1. The molecular weight excluding hydrogens is 632 g/mol. The summed E-state index contributed by atoms with van der Waals surface area (Å²) in [7, 11) is 2.79. The normalized spacial score (nSPS) is 26.2. The van der Waals surface area contributed by atoms with E-state index < -0.39 is 102 Å². The number of rotatable bonds is 10. The summed E-state index contributed by atoms with van der Waals surface area (Å²) < 4.78 is 17.3. The Balaban J connectivity index is 1.51. The predicted octanol–water partition coefficient (Wildman–Crippen LogP) is 0.0751. The molecule has 2 aliphatic carbocycles. The van der Waals surface area contributed by atoms with Crippen molar-refractivity contribution < 1.29 is 63.7 Å². The van der Waals surface area contributed by atoms with Crippen LogP contribution in [0.25, 0.3) is 0 Å². The molecule has 0 aromatic heterocycles. The molecule has 258 valence electrons. The largest absolute Gasteiger partial charge is 0.507 e. The second-order valence-electron chi connectivity index (χ2n) is 12.2. The highest BCUT2D eigenvalue weighted by Crippen LogP contribution is 2.52. The van der Waals surface area contributed by atoms with Crippen LogP contribution in [0.3, 0.4) is 0 Å². The van der Waals surface area contributed by atoms with Crippen molar-refractivity contribution in [2.24, 2.45) is 0 Å². The Morgan fingerprint density at radius 3 is 2.40 bits per heavy atom. The van der Waals surface area contributed by atoms with Gasteiger partial charge in [0.25, 0.3) is 0 Å². The van der Waals surface area contributed by atoms with E-state index in [1.54, 1.807) is 0 Å². The first-order chi connectivity index (χ1) is 22.8. The fourth-order valence-corrected chi connectivity index (χ4v) is 6.67. The maximum atomic E-state index is 13.8. The first kappa shape index (κ1) is 34.9. The van der Waals surface area contributed by atoms with E-state index in [-0.39, 0.29) is 59.6 Å². The number of aliphatic hydroxyl groups excluding tert-OH is 2. The van der Waals surface area contributed by atoms with Crippen molar-refractivity contribution in [3.63, 3.8) is 0 Å². The monoisotopic (exact) mass is 670 g/mol. The van der Waals surface area contributed by atoms with Gasteiger partial charge in [-0.15, -0.1) is 0 Å². The quantitative estimate of drug-likeness (QED) is 0.142. The minimum atomic E-state index is -2.33. The molecule has 5 rings (SSSR count). The van der Waals surface area contributed by atoms with Crippen LogP contribution < -0.4 is 15.4 Å². The molecule has 0 bridgehead atoms. The zero-order valence-corrected chi connectivity index (χ0v) is 26.6. The van der Waals surface area contributed by atoms with Crippen molar-refractivity contribution in [1.82, 2.24) is 10.6 Å². The SMILES string of the molecule is CNC(=O)CCCC(=O)NC1CC(O[C@H]2C[C@](O)(C(=O)CO)Cc3c(O)c4c(c(O)c32)C(=O)c2c(OC)cccc2C4=O)OC(C)C1O. The Kier molecular flexibility index (Phi) is 9.89. The lowest BCUT2D eigenvalue weighted by Crippen LogP contribution is -2.55. The van der Waals surface area contributed by atoms with Crippen molar-refractivity contribution >= 4 is 29.2 Å². The number of methoxy groups -OCH3 is 1. The molecule has 7 N–H and O–H groups in total. The number of hydrogen-bond donors (Lipinski definition) is 7. The van der Waals surface area contributed by atoms with Gasteiger partial charge in [0.1, 0.15) is 35.6 Å². The number of aromatic hydroxyl groups is 2.